The van der Waals surface area contributed by atoms with Gasteiger partial charge in [-0.2, -0.15) is 0 Å². The van der Waals surface area contributed by atoms with E-state index in [1.807, 2.05) is 45.2 Å². The van der Waals surface area contributed by atoms with Gasteiger partial charge in [-0.3, -0.25) is 4.98 Å². The van der Waals surface area contributed by atoms with Gasteiger partial charge in [-0.25, -0.2) is 0 Å². The molecular weight excluding hydrogens is 1080 g/mol. The molecule has 0 atom stereocenters. The van der Waals surface area contributed by atoms with Gasteiger partial charge in [0.05, 0.1) is 22.4 Å². The quantitative estimate of drug-likeness (QED) is 0.107. The van der Waals surface area contributed by atoms with Crippen molar-refractivity contribution in [3.8, 4) is 50.6 Å². The third kappa shape index (κ3) is 10.5. The van der Waals surface area contributed by atoms with E-state index in [9.17, 15) is 0 Å². The maximum absolute atomic E-state index is 8.80. The minimum atomic E-state index is -2.36. The molecule has 0 aliphatic rings. The molecule has 4 nitrogen and oxygen atoms in total. The topological polar surface area (TPSA) is 43.9 Å². The van der Waals surface area contributed by atoms with Gasteiger partial charge in [0.1, 0.15) is 5.58 Å². The molecule has 6 heteroatoms. The molecule has 351 valence electrons. The van der Waals surface area contributed by atoms with Crippen LogP contribution in [0, 0.1) is 24.4 Å². The van der Waals surface area contributed by atoms with Crippen molar-refractivity contribution in [2.45, 2.75) is 90.8 Å². The minimum absolute atomic E-state index is 0. The van der Waals surface area contributed by atoms with E-state index in [1.165, 1.54) is 34.0 Å². The Morgan fingerprint density at radius 2 is 1.36 bits per heavy atom. The summed E-state index contributed by atoms with van der Waals surface area (Å²) in [5.41, 5.74) is 14.7. The molecule has 3 aromatic heterocycles. The molecule has 0 saturated heterocycles. The van der Waals surface area contributed by atoms with Gasteiger partial charge < -0.3 is 8.98 Å². The Balaban J connectivity index is 0.000000224. The van der Waals surface area contributed by atoms with Crippen LogP contribution in [0.4, 0.5) is 0 Å². The van der Waals surface area contributed by atoms with Crippen LogP contribution in [0.25, 0.3) is 83.6 Å². The number of imidazole rings is 1. The molecule has 0 unspecified atom stereocenters. The van der Waals surface area contributed by atoms with E-state index in [2.05, 4.69) is 182 Å². The average Bonchev–Trinajstić information content (AvgIpc) is 3.94. The van der Waals surface area contributed by atoms with Crippen molar-refractivity contribution in [2.24, 2.45) is 5.41 Å². The summed E-state index contributed by atoms with van der Waals surface area (Å²) in [7, 11) is 0. The number of pyridine rings is 1. The first-order valence-corrected chi connectivity index (χ1v) is 31.0. The molecular formula is C63H63GeIrN3O-2. The molecule has 10 rings (SSSR count). The molecule has 0 aliphatic heterocycles. The fraction of sp³-hybridized carbons (Fsp3) is 0.238. The largest absolute Gasteiger partial charge is 0 e. The number of aromatic nitrogens is 3. The van der Waals surface area contributed by atoms with E-state index >= 15 is 0 Å². The normalized spacial score (nSPS) is 13.4. The Kier molecular flexibility index (Phi) is 12.7. The summed E-state index contributed by atoms with van der Waals surface area (Å²) in [6.45, 7) is 12.6. The zero-order valence-corrected chi connectivity index (χ0v) is 45.7. The van der Waals surface area contributed by atoms with Crippen LogP contribution >= 0.6 is 0 Å². The van der Waals surface area contributed by atoms with Gasteiger partial charge in [0.25, 0.3) is 0 Å². The molecule has 0 aliphatic carbocycles. The fourth-order valence-corrected chi connectivity index (χ4v) is 12.0. The summed E-state index contributed by atoms with van der Waals surface area (Å²) in [6.07, 6.45) is 0.303. The van der Waals surface area contributed by atoms with Crippen LogP contribution in [-0.2, 0) is 26.5 Å². The predicted octanol–water partition coefficient (Wildman–Crippen LogP) is 17.0. The van der Waals surface area contributed by atoms with Crippen LogP contribution in [0.2, 0.25) is 17.3 Å². The van der Waals surface area contributed by atoms with E-state index in [0.717, 1.165) is 59.9 Å². The maximum atomic E-state index is 8.80. The van der Waals surface area contributed by atoms with E-state index in [0.29, 0.717) is 28.7 Å². The summed E-state index contributed by atoms with van der Waals surface area (Å²) in [4.78, 5) is 9.82. The second-order valence-electron chi connectivity index (χ2n) is 20.4. The number of hydrogen-bond acceptors (Lipinski definition) is 3. The van der Waals surface area contributed by atoms with Crippen LogP contribution in [0.3, 0.4) is 0 Å². The van der Waals surface area contributed by atoms with Crippen LogP contribution in [0.15, 0.2) is 162 Å². The molecule has 10 aromatic rings. The maximum Gasteiger partial charge on any atom is 0 e. The van der Waals surface area contributed by atoms with E-state index in [-0.39, 0.29) is 25.7 Å². The Morgan fingerprint density at radius 3 is 2.00 bits per heavy atom. The Bertz CT molecular complexity index is 3580. The van der Waals surface area contributed by atoms with Crippen molar-refractivity contribution in [1.82, 2.24) is 14.5 Å². The second kappa shape index (κ2) is 20.2. The Hall–Kier alpha value is -5.85. The van der Waals surface area contributed by atoms with Gasteiger partial charge >= 0.3 is 145 Å². The Morgan fingerprint density at radius 1 is 0.710 bits per heavy atom. The number of benzene rings is 7. The second-order valence-corrected chi connectivity index (χ2v) is 31.0. The van der Waals surface area contributed by atoms with Gasteiger partial charge in [-0.05, 0) is 63.4 Å². The monoisotopic (exact) mass is 1150 g/mol. The first kappa shape index (κ1) is 43.2. The predicted molar refractivity (Wildman–Crippen MR) is 291 cm³/mol. The molecule has 0 bridgehead atoms. The molecule has 0 amide bonds. The van der Waals surface area contributed by atoms with Crippen molar-refractivity contribution in [3.63, 3.8) is 0 Å². The third-order valence-electron chi connectivity index (χ3n) is 12.4. The van der Waals surface area contributed by atoms with Crippen molar-refractivity contribution in [3.05, 3.63) is 192 Å². The van der Waals surface area contributed by atoms with Crippen LogP contribution in [0.5, 0.6) is 0 Å². The molecule has 0 spiro atoms. The minimum Gasteiger partial charge on any atom is 0 e. The van der Waals surface area contributed by atoms with Crippen LogP contribution in [-0.4, -0.2) is 27.8 Å². The van der Waals surface area contributed by atoms with Gasteiger partial charge in [0.2, 0.25) is 0 Å². The van der Waals surface area contributed by atoms with Crippen molar-refractivity contribution < 1.29 is 31.4 Å². The number of para-hydroxylation sites is 3. The molecule has 69 heavy (non-hydrogen) atoms. The van der Waals surface area contributed by atoms with Crippen molar-refractivity contribution in [1.29, 1.82) is 0 Å². The fourth-order valence-electron chi connectivity index (χ4n) is 9.05. The molecule has 0 N–H and O–H groups in total. The number of rotatable bonds is 9. The SMILES string of the molecule is CC(C)c1cccc(C(C)C)c1-n1c(-c2[c-]ccc3c2oc2cc(-c4ccc(-c5ccccc5)cc4)ccc23)nc2ccccc21.[2H]C([2H])([2H])c1c[c-]c(-c2cc(C([2H])([2H])C(C)(C)C)[c]([Ge]([CH3])([CH3])[CH3])cn2)cc1.[Ir]. The summed E-state index contributed by atoms with van der Waals surface area (Å²) in [5.74, 6) is 8.23. The summed E-state index contributed by atoms with van der Waals surface area (Å²) in [6, 6.07) is 58.1. The van der Waals surface area contributed by atoms with E-state index in [1.54, 1.807) is 12.1 Å². The summed E-state index contributed by atoms with van der Waals surface area (Å²) in [5, 5.41) is 2.15. The molecule has 7 aromatic carbocycles. The van der Waals surface area contributed by atoms with Gasteiger partial charge in [0, 0.05) is 31.2 Å². The number of fused-ring (bicyclic) bond motifs is 4. The average molecular weight is 1150 g/mol. The van der Waals surface area contributed by atoms with Gasteiger partial charge in [-0.15, -0.1) is 18.2 Å². The van der Waals surface area contributed by atoms with Crippen LogP contribution < -0.4 is 4.40 Å². The zero-order valence-electron chi connectivity index (χ0n) is 46.2. The van der Waals surface area contributed by atoms with E-state index < -0.39 is 31.9 Å². The Labute approximate surface area is 433 Å². The number of nitrogens with zero attached hydrogens (tertiary/aromatic N) is 3. The third-order valence-corrected chi connectivity index (χ3v) is 16.6. The van der Waals surface area contributed by atoms with Crippen LogP contribution in [0.1, 0.15) is 89.4 Å². The zero-order chi connectivity index (χ0) is 52.2. The van der Waals surface area contributed by atoms with Crippen molar-refractivity contribution >= 4 is 50.6 Å². The first-order chi connectivity index (χ1) is 34.5. The number of aryl methyl sites for hydroxylation is 1. The van der Waals surface area contributed by atoms with Gasteiger partial charge in [-0.1, -0.05) is 136 Å². The molecule has 0 saturated carbocycles. The standard InChI is InChI=1S/C43H35N2O.C20H28GeN.Ir/c1-27(2)33-14-10-15-34(28(3)4)41(33)45-39-19-9-8-18-38(39)44-43(45)37-17-11-16-36-35-25-24-32(26-40(35)46-42(36)37)31-22-20-30(21-23-31)29-12-6-5-7-13-29;1-15-8-10-16(11-9-15)19-12-17(13-20(2,3)4)18(14-22-19)21(5,6)7;/h5-16,18-28H,1-4H3;8-10,12,14H,13H2,1-7H3;/q2*-1;/i;1D3,13D2;. The summed E-state index contributed by atoms with van der Waals surface area (Å²) >= 11 is -2.36. The molecule has 3 heterocycles. The molecule has 1 radical (unpaired) electrons. The van der Waals surface area contributed by atoms with Crippen molar-refractivity contribution in [2.75, 3.05) is 0 Å². The number of furan rings is 1. The van der Waals surface area contributed by atoms with Gasteiger partial charge in [0.15, 0.2) is 0 Å². The summed E-state index contributed by atoms with van der Waals surface area (Å²) < 4.78 is 50.2. The first-order valence-electron chi connectivity index (χ1n) is 26.2. The smallest absolute Gasteiger partial charge is 0 e. The number of hydrogen-bond donors (Lipinski definition) is 0. The van der Waals surface area contributed by atoms with E-state index in [4.69, 9.17) is 16.3 Å². The molecule has 0 fully saturated rings.